The lowest BCUT2D eigenvalue weighted by Crippen LogP contribution is -2.46. The van der Waals surface area contributed by atoms with Gasteiger partial charge in [0.25, 0.3) is 0 Å². The molecule has 4 rings (SSSR count). The molecule has 1 saturated heterocycles. The number of rotatable bonds is 11. The second-order valence-electron chi connectivity index (χ2n) is 9.24. The number of sulfonamides is 1. The Hall–Kier alpha value is -2.63. The summed E-state index contributed by atoms with van der Waals surface area (Å²) in [6.07, 6.45) is 4.64. The van der Waals surface area contributed by atoms with Crippen LogP contribution in [0.4, 0.5) is 4.79 Å². The van der Waals surface area contributed by atoms with Gasteiger partial charge >= 0.3 is 6.03 Å². The van der Waals surface area contributed by atoms with E-state index < -0.39 is 31.0 Å². The Labute approximate surface area is 207 Å². The summed E-state index contributed by atoms with van der Waals surface area (Å²) >= 11 is 0. The minimum absolute atomic E-state index is 0.0904. The molecule has 1 atom stereocenters. The molecule has 2 fully saturated rings. The monoisotopic (exact) mass is 521 g/mol. The smallest absolute Gasteiger partial charge is 0.335 e. The van der Waals surface area contributed by atoms with Crippen molar-refractivity contribution >= 4 is 25.9 Å². The number of benzene rings is 2. The Bertz CT molecular complexity index is 1260. The third-order valence-corrected chi connectivity index (χ3v) is 9.67. The lowest BCUT2D eigenvalue weighted by Gasteiger charge is -2.23. The second-order valence-corrected chi connectivity index (χ2v) is 13.5. The van der Waals surface area contributed by atoms with Crippen molar-refractivity contribution < 1.29 is 26.4 Å². The molecule has 190 valence electrons. The number of carbonyl (C=O) groups is 1. The van der Waals surface area contributed by atoms with Gasteiger partial charge in [-0.1, -0.05) is 36.4 Å². The average molecular weight is 522 g/mol. The molecule has 0 bridgehead atoms. The first-order chi connectivity index (χ1) is 16.5. The van der Waals surface area contributed by atoms with E-state index in [2.05, 4.69) is 17.0 Å². The van der Waals surface area contributed by atoms with Crippen LogP contribution in [0, 0.1) is 0 Å². The van der Waals surface area contributed by atoms with Crippen molar-refractivity contribution in [1.82, 2.24) is 14.7 Å². The zero-order chi connectivity index (χ0) is 25.2. The van der Waals surface area contributed by atoms with Crippen molar-refractivity contribution in [2.75, 3.05) is 31.5 Å². The summed E-state index contributed by atoms with van der Waals surface area (Å²) < 4.78 is 53.0. The highest BCUT2D eigenvalue weighted by molar-refractivity contribution is 8.06. The molecule has 2 aliphatic rings. The summed E-state index contributed by atoms with van der Waals surface area (Å²) in [4.78, 5) is 17.0. The van der Waals surface area contributed by atoms with Crippen LogP contribution in [0.5, 0.6) is 5.75 Å². The van der Waals surface area contributed by atoms with Crippen LogP contribution in [0.1, 0.15) is 47.9 Å². The SMILES string of the molecule is COc1ccc(CCCN2C(=O)N(NS(=O)(=O)CS(C)(=O)=O)CC2c2ccc(C3CC3)cc2)cc1. The summed E-state index contributed by atoms with van der Waals surface area (Å²) in [5.74, 6) is 1.38. The number of ether oxygens (including phenoxy) is 1. The van der Waals surface area contributed by atoms with E-state index in [-0.39, 0.29) is 12.6 Å². The summed E-state index contributed by atoms with van der Waals surface area (Å²) in [5, 5.41) is -0.0740. The molecular weight excluding hydrogens is 490 g/mol. The molecule has 2 amide bonds. The zero-order valence-corrected chi connectivity index (χ0v) is 21.5. The van der Waals surface area contributed by atoms with Crippen molar-refractivity contribution in [2.24, 2.45) is 0 Å². The highest BCUT2D eigenvalue weighted by Gasteiger charge is 2.40. The van der Waals surface area contributed by atoms with Gasteiger partial charge in [-0.05, 0) is 60.4 Å². The third-order valence-electron chi connectivity index (χ3n) is 6.22. The van der Waals surface area contributed by atoms with E-state index in [4.69, 9.17) is 4.74 Å². The summed E-state index contributed by atoms with van der Waals surface area (Å²) in [5.41, 5.74) is 3.29. The lowest BCUT2D eigenvalue weighted by atomic mass is 10.0. The average Bonchev–Trinajstić information content (AvgIpc) is 3.60. The number of urea groups is 1. The number of hydrogen-bond donors (Lipinski definition) is 1. The van der Waals surface area contributed by atoms with E-state index in [1.807, 2.05) is 36.4 Å². The van der Waals surface area contributed by atoms with E-state index in [0.717, 1.165) is 34.6 Å². The Kier molecular flexibility index (Phi) is 7.39. The number of nitrogens with one attached hydrogen (secondary N) is 1. The van der Waals surface area contributed by atoms with Crippen molar-refractivity contribution in [3.63, 3.8) is 0 Å². The van der Waals surface area contributed by atoms with Gasteiger partial charge < -0.3 is 9.64 Å². The zero-order valence-electron chi connectivity index (χ0n) is 19.9. The van der Waals surface area contributed by atoms with Crippen LogP contribution in [0.25, 0.3) is 0 Å². The van der Waals surface area contributed by atoms with E-state index in [1.54, 1.807) is 12.0 Å². The quantitative estimate of drug-likeness (QED) is 0.487. The molecule has 2 aromatic rings. The third kappa shape index (κ3) is 6.74. The van der Waals surface area contributed by atoms with Crippen LogP contribution in [0.2, 0.25) is 0 Å². The first-order valence-corrected chi connectivity index (χ1v) is 15.2. The number of sulfone groups is 1. The number of methoxy groups -OCH3 is 1. The predicted molar refractivity (Wildman–Crippen MR) is 133 cm³/mol. The molecule has 1 aliphatic carbocycles. The molecule has 11 heteroatoms. The molecule has 1 saturated carbocycles. The van der Waals surface area contributed by atoms with E-state index in [9.17, 15) is 21.6 Å². The first-order valence-electron chi connectivity index (χ1n) is 11.5. The van der Waals surface area contributed by atoms with Crippen LogP contribution in [0.3, 0.4) is 0 Å². The topological polar surface area (TPSA) is 113 Å². The van der Waals surface area contributed by atoms with E-state index in [1.165, 1.54) is 18.4 Å². The van der Waals surface area contributed by atoms with Gasteiger partial charge in [-0.3, -0.25) is 0 Å². The van der Waals surface area contributed by atoms with Crippen LogP contribution in [-0.4, -0.2) is 64.3 Å². The fraction of sp³-hybridized carbons (Fsp3) is 0.458. The van der Waals surface area contributed by atoms with Crippen LogP contribution < -0.4 is 9.57 Å². The van der Waals surface area contributed by atoms with Crippen molar-refractivity contribution in [3.8, 4) is 5.75 Å². The fourth-order valence-corrected chi connectivity index (χ4v) is 7.33. The number of aryl methyl sites for hydroxylation is 1. The maximum atomic E-state index is 13.2. The highest BCUT2D eigenvalue weighted by atomic mass is 32.3. The molecule has 9 nitrogen and oxygen atoms in total. The van der Waals surface area contributed by atoms with Gasteiger partial charge in [0.05, 0.1) is 19.7 Å². The molecule has 1 aliphatic heterocycles. The van der Waals surface area contributed by atoms with Crippen LogP contribution in [0.15, 0.2) is 48.5 Å². The highest BCUT2D eigenvalue weighted by Crippen LogP contribution is 2.40. The molecule has 0 radical (unpaired) electrons. The minimum atomic E-state index is -4.24. The van der Waals surface area contributed by atoms with Gasteiger partial charge in [0.1, 0.15) is 5.75 Å². The lowest BCUT2D eigenvalue weighted by molar-refractivity contribution is 0.181. The maximum absolute atomic E-state index is 13.2. The maximum Gasteiger partial charge on any atom is 0.335 e. The molecule has 35 heavy (non-hydrogen) atoms. The number of hydrazine groups is 1. The van der Waals surface area contributed by atoms with Crippen molar-refractivity contribution in [3.05, 3.63) is 65.2 Å². The fourth-order valence-electron chi connectivity index (χ4n) is 4.38. The van der Waals surface area contributed by atoms with Gasteiger partial charge in [0.15, 0.2) is 14.9 Å². The number of nitrogens with zero attached hydrogens (tertiary/aromatic N) is 2. The molecule has 1 N–H and O–H groups in total. The summed E-state index contributed by atoms with van der Waals surface area (Å²) in [6, 6.07) is 15.0. The van der Waals surface area contributed by atoms with Gasteiger partial charge in [-0.15, -0.1) is 4.83 Å². The standard InChI is InChI=1S/C24H31N3O6S2/c1-33-22-13-5-18(6-14-22)4-3-15-26-23(21-11-9-20(10-12-21)19-7-8-19)16-27(24(26)28)25-35(31,32)17-34(2,29)30/h5-6,9-14,19,23,25H,3-4,7-8,15-17H2,1-2H3. The Morgan fingerprint density at radius 1 is 0.971 bits per heavy atom. The molecule has 1 unspecified atom stereocenters. The van der Waals surface area contributed by atoms with E-state index >= 15 is 0 Å². The van der Waals surface area contributed by atoms with Crippen molar-refractivity contribution in [1.29, 1.82) is 0 Å². The van der Waals surface area contributed by atoms with Gasteiger partial charge in [0.2, 0.25) is 10.0 Å². The molecule has 2 aromatic carbocycles. The molecule has 0 spiro atoms. The Balaban J connectivity index is 1.49. The number of carbonyl (C=O) groups excluding carboxylic acids is 1. The van der Waals surface area contributed by atoms with Gasteiger partial charge in [-0.25, -0.2) is 26.6 Å². The largest absolute Gasteiger partial charge is 0.497 e. The summed E-state index contributed by atoms with van der Waals surface area (Å²) in [7, 11) is -6.41. The van der Waals surface area contributed by atoms with Gasteiger partial charge in [0, 0.05) is 12.8 Å². The van der Waals surface area contributed by atoms with Crippen LogP contribution in [-0.2, 0) is 26.3 Å². The second kappa shape index (κ2) is 10.2. The predicted octanol–water partition coefficient (Wildman–Crippen LogP) is 2.82. The Morgan fingerprint density at radius 2 is 1.60 bits per heavy atom. The molecule has 0 aromatic heterocycles. The minimum Gasteiger partial charge on any atom is -0.497 e. The Morgan fingerprint density at radius 3 is 2.17 bits per heavy atom. The molecule has 1 heterocycles. The normalized spacial score (nSPS) is 18.8. The first kappa shape index (κ1) is 25.5. The number of hydrogen-bond acceptors (Lipinski definition) is 6. The number of amides is 2. The van der Waals surface area contributed by atoms with Gasteiger partial charge in [-0.2, -0.15) is 0 Å². The summed E-state index contributed by atoms with van der Waals surface area (Å²) in [6.45, 7) is 0.511. The van der Waals surface area contributed by atoms with Crippen molar-refractivity contribution in [2.45, 2.75) is 37.6 Å². The molecular formula is C24H31N3O6S2. The van der Waals surface area contributed by atoms with Crippen LogP contribution >= 0.6 is 0 Å². The van der Waals surface area contributed by atoms with E-state index in [0.29, 0.717) is 18.9 Å².